The summed E-state index contributed by atoms with van der Waals surface area (Å²) in [5.74, 6) is 0. The molecule has 18 heavy (non-hydrogen) atoms. The van der Waals surface area contributed by atoms with Crippen LogP contribution in [0.15, 0.2) is 18.2 Å². The van der Waals surface area contributed by atoms with Crippen LogP contribution in [-0.4, -0.2) is 36.0 Å². The number of rotatable bonds is 4. The van der Waals surface area contributed by atoms with E-state index in [9.17, 15) is 10.1 Å². The number of hydrogen-bond acceptors (Lipinski definition) is 4. The molecule has 0 bridgehead atoms. The van der Waals surface area contributed by atoms with Gasteiger partial charge in [0.15, 0.2) is 0 Å². The predicted octanol–water partition coefficient (Wildman–Crippen LogP) is 2.07. The zero-order chi connectivity index (χ0) is 12.4. The Morgan fingerprint density at radius 1 is 1.56 bits per heavy atom. The molecule has 0 amide bonds. The lowest BCUT2D eigenvalue weighted by atomic mass is 10.1. The van der Waals surface area contributed by atoms with Gasteiger partial charge < -0.3 is 5.32 Å². The van der Waals surface area contributed by atoms with Crippen LogP contribution >= 0.6 is 24.0 Å². The van der Waals surface area contributed by atoms with Crippen molar-refractivity contribution in [2.45, 2.75) is 12.6 Å². The summed E-state index contributed by atoms with van der Waals surface area (Å²) in [6.07, 6.45) is 0. The molecule has 1 aliphatic rings. The molecule has 7 heteroatoms. The van der Waals surface area contributed by atoms with E-state index in [1.54, 1.807) is 12.1 Å². The Morgan fingerprint density at radius 3 is 2.72 bits per heavy atom. The van der Waals surface area contributed by atoms with Gasteiger partial charge in [-0.05, 0) is 19.2 Å². The molecule has 0 aromatic heterocycles. The fourth-order valence-electron chi connectivity index (χ4n) is 1.84. The van der Waals surface area contributed by atoms with Crippen LogP contribution < -0.4 is 5.32 Å². The van der Waals surface area contributed by atoms with Crippen LogP contribution in [0.3, 0.4) is 0 Å². The lowest BCUT2D eigenvalue weighted by Crippen LogP contribution is -2.55. The average molecular weight is 292 g/mol. The molecule has 1 fully saturated rings. The SMILES string of the molecule is CN(Cc1cc(Cl)ccc1[N+](=O)[O-])C1CNC1.Cl. The van der Waals surface area contributed by atoms with Crippen LogP contribution in [0.25, 0.3) is 0 Å². The minimum Gasteiger partial charge on any atom is -0.314 e. The summed E-state index contributed by atoms with van der Waals surface area (Å²) in [5.41, 5.74) is 0.797. The molecule has 0 aliphatic carbocycles. The third-order valence-electron chi connectivity index (χ3n) is 3.04. The third-order valence-corrected chi connectivity index (χ3v) is 3.28. The van der Waals surface area contributed by atoms with Gasteiger partial charge >= 0.3 is 0 Å². The first-order valence-corrected chi connectivity index (χ1v) is 5.79. The maximum Gasteiger partial charge on any atom is 0.273 e. The standard InChI is InChI=1S/C11H14ClN3O2.ClH/c1-14(10-5-13-6-10)7-8-4-9(12)2-3-11(8)15(16)17;/h2-4,10,13H,5-7H2,1H3;1H. The van der Waals surface area contributed by atoms with Gasteiger partial charge in [0, 0.05) is 42.3 Å². The lowest BCUT2D eigenvalue weighted by molar-refractivity contribution is -0.385. The van der Waals surface area contributed by atoms with Gasteiger partial charge in [-0.15, -0.1) is 12.4 Å². The van der Waals surface area contributed by atoms with Crippen LogP contribution in [0.2, 0.25) is 5.02 Å². The summed E-state index contributed by atoms with van der Waals surface area (Å²) < 4.78 is 0. The zero-order valence-corrected chi connectivity index (χ0v) is 11.5. The largest absolute Gasteiger partial charge is 0.314 e. The molecule has 1 saturated heterocycles. The monoisotopic (exact) mass is 291 g/mol. The summed E-state index contributed by atoms with van der Waals surface area (Å²) in [5, 5.41) is 14.6. The maximum absolute atomic E-state index is 10.9. The second kappa shape index (κ2) is 6.33. The molecule has 1 aromatic carbocycles. The van der Waals surface area contributed by atoms with E-state index in [1.807, 2.05) is 7.05 Å². The Balaban J connectivity index is 0.00000162. The van der Waals surface area contributed by atoms with E-state index >= 15 is 0 Å². The maximum atomic E-state index is 10.9. The van der Waals surface area contributed by atoms with Gasteiger partial charge in [-0.25, -0.2) is 0 Å². The van der Waals surface area contributed by atoms with Gasteiger partial charge in [-0.2, -0.15) is 0 Å². The molecule has 0 spiro atoms. The second-order valence-electron chi connectivity index (χ2n) is 4.26. The highest BCUT2D eigenvalue weighted by Gasteiger charge is 2.24. The molecule has 1 aliphatic heterocycles. The average Bonchev–Trinajstić information content (AvgIpc) is 2.13. The first-order chi connectivity index (χ1) is 8.08. The van der Waals surface area contributed by atoms with Crippen molar-refractivity contribution in [3.8, 4) is 0 Å². The highest BCUT2D eigenvalue weighted by Crippen LogP contribution is 2.24. The smallest absolute Gasteiger partial charge is 0.273 e. The predicted molar refractivity (Wildman–Crippen MR) is 73.5 cm³/mol. The minimum absolute atomic E-state index is 0. The number of likely N-dealkylation sites (N-methyl/N-ethyl adjacent to an activating group) is 1. The van der Waals surface area contributed by atoms with Crippen molar-refractivity contribution in [1.82, 2.24) is 10.2 Å². The van der Waals surface area contributed by atoms with Gasteiger partial charge in [0.25, 0.3) is 5.69 Å². The molecule has 2 rings (SSSR count). The summed E-state index contributed by atoms with van der Waals surface area (Å²) >= 11 is 5.88. The molecule has 1 heterocycles. The van der Waals surface area contributed by atoms with E-state index in [0.29, 0.717) is 23.2 Å². The molecule has 0 radical (unpaired) electrons. The first-order valence-electron chi connectivity index (χ1n) is 5.41. The van der Waals surface area contributed by atoms with E-state index in [2.05, 4.69) is 10.2 Å². The zero-order valence-electron chi connectivity index (χ0n) is 9.93. The Kier molecular flexibility index (Phi) is 5.34. The van der Waals surface area contributed by atoms with Gasteiger partial charge in [-0.1, -0.05) is 11.6 Å². The Hall–Kier alpha value is -0.880. The Morgan fingerprint density at radius 2 is 2.22 bits per heavy atom. The number of nitro groups is 1. The number of nitro benzene ring substituents is 1. The molecule has 0 saturated carbocycles. The summed E-state index contributed by atoms with van der Waals surface area (Å²) in [6, 6.07) is 5.13. The molecule has 100 valence electrons. The van der Waals surface area contributed by atoms with Crippen LogP contribution in [0.5, 0.6) is 0 Å². The van der Waals surface area contributed by atoms with E-state index in [1.165, 1.54) is 6.07 Å². The van der Waals surface area contributed by atoms with Crippen LogP contribution in [-0.2, 0) is 6.54 Å². The fraction of sp³-hybridized carbons (Fsp3) is 0.455. The van der Waals surface area contributed by atoms with E-state index in [0.717, 1.165) is 13.1 Å². The van der Waals surface area contributed by atoms with E-state index in [-0.39, 0.29) is 23.0 Å². The fourth-order valence-corrected chi connectivity index (χ4v) is 2.04. The lowest BCUT2D eigenvalue weighted by Gasteiger charge is -2.35. The number of halogens is 2. The number of nitrogens with zero attached hydrogens (tertiary/aromatic N) is 2. The van der Waals surface area contributed by atoms with Gasteiger partial charge in [-0.3, -0.25) is 15.0 Å². The van der Waals surface area contributed by atoms with Gasteiger partial charge in [0.2, 0.25) is 0 Å². The topological polar surface area (TPSA) is 58.4 Å². The normalized spacial score (nSPS) is 15.1. The third kappa shape index (κ3) is 3.32. The van der Waals surface area contributed by atoms with Crippen LogP contribution in [0.1, 0.15) is 5.56 Å². The van der Waals surface area contributed by atoms with Crippen molar-refractivity contribution in [3.63, 3.8) is 0 Å². The first kappa shape index (κ1) is 15.2. The molecule has 5 nitrogen and oxygen atoms in total. The van der Waals surface area contributed by atoms with E-state index in [4.69, 9.17) is 11.6 Å². The minimum atomic E-state index is -0.363. The highest BCUT2D eigenvalue weighted by atomic mass is 35.5. The molecule has 1 N–H and O–H groups in total. The number of hydrogen-bond donors (Lipinski definition) is 1. The quantitative estimate of drug-likeness (QED) is 0.682. The van der Waals surface area contributed by atoms with Crippen molar-refractivity contribution < 1.29 is 4.92 Å². The van der Waals surface area contributed by atoms with E-state index < -0.39 is 0 Å². The summed E-state index contributed by atoms with van der Waals surface area (Å²) in [4.78, 5) is 12.6. The highest BCUT2D eigenvalue weighted by molar-refractivity contribution is 6.30. The van der Waals surface area contributed by atoms with Crippen LogP contribution in [0, 0.1) is 10.1 Å². The van der Waals surface area contributed by atoms with Crippen LogP contribution in [0.4, 0.5) is 5.69 Å². The van der Waals surface area contributed by atoms with Gasteiger partial charge in [0.1, 0.15) is 0 Å². The molecule has 1 aromatic rings. The summed E-state index contributed by atoms with van der Waals surface area (Å²) in [7, 11) is 1.97. The van der Waals surface area contributed by atoms with Crippen molar-refractivity contribution in [2.75, 3.05) is 20.1 Å². The molecule has 0 atom stereocenters. The molecular weight excluding hydrogens is 277 g/mol. The second-order valence-corrected chi connectivity index (χ2v) is 4.69. The Labute approximate surface area is 117 Å². The molecule has 0 unspecified atom stereocenters. The van der Waals surface area contributed by atoms with Crippen molar-refractivity contribution >= 4 is 29.7 Å². The van der Waals surface area contributed by atoms with Crippen molar-refractivity contribution in [1.29, 1.82) is 0 Å². The summed E-state index contributed by atoms with van der Waals surface area (Å²) in [6.45, 7) is 2.42. The molecular formula is C11H15Cl2N3O2. The number of nitrogens with one attached hydrogen (secondary N) is 1. The number of benzene rings is 1. The Bertz CT molecular complexity index is 438. The van der Waals surface area contributed by atoms with Crippen molar-refractivity contribution in [2.24, 2.45) is 0 Å². The van der Waals surface area contributed by atoms with Gasteiger partial charge in [0.05, 0.1) is 4.92 Å². The van der Waals surface area contributed by atoms with Crippen molar-refractivity contribution in [3.05, 3.63) is 38.9 Å².